The fourth-order valence-electron chi connectivity index (χ4n) is 1.97. The van der Waals surface area contributed by atoms with Crippen molar-refractivity contribution in [3.8, 4) is 0 Å². The van der Waals surface area contributed by atoms with Crippen molar-refractivity contribution in [2.75, 3.05) is 5.32 Å². The van der Waals surface area contributed by atoms with Crippen LogP contribution < -0.4 is 5.32 Å². The molecule has 3 rings (SSSR count). The molecule has 0 saturated carbocycles. The third-order valence-corrected chi connectivity index (χ3v) is 3.20. The molecule has 0 fully saturated rings. The van der Waals surface area contributed by atoms with Gasteiger partial charge in [0.25, 0.3) is 5.91 Å². The Hall–Kier alpha value is -1.45. The summed E-state index contributed by atoms with van der Waals surface area (Å²) in [5, 5.41) is 4.00. The minimum atomic E-state index is -0.169. The minimum Gasteiger partial charge on any atom is -0.337 e. The molecule has 2 aromatic rings. The normalized spacial score (nSPS) is 13.6. The summed E-state index contributed by atoms with van der Waals surface area (Å²) in [6, 6.07) is 7.12. The number of hydrogen-bond acceptors (Lipinski definition) is 1. The van der Waals surface area contributed by atoms with E-state index in [1.54, 1.807) is 18.3 Å². The molecule has 0 atom stereocenters. The lowest BCUT2D eigenvalue weighted by Crippen LogP contribution is -2.12. The molecule has 1 amide bonds. The van der Waals surface area contributed by atoms with Crippen molar-refractivity contribution >= 4 is 34.8 Å². The second kappa shape index (κ2) is 3.79. The standard InChI is InChI=1S/C12H8Cl2N2O/c13-8-2-1-7-5-16-6-9(14)4-11(16)12(17)15-10(7)3-8/h1-4,6H,5H2,(H,15,17). The fourth-order valence-corrected chi connectivity index (χ4v) is 2.36. The van der Waals surface area contributed by atoms with E-state index in [1.165, 1.54) is 0 Å². The molecule has 1 aromatic heterocycles. The molecule has 5 heteroatoms. The summed E-state index contributed by atoms with van der Waals surface area (Å²) in [6.07, 6.45) is 1.75. The van der Waals surface area contributed by atoms with Gasteiger partial charge in [-0.15, -0.1) is 0 Å². The molecule has 0 radical (unpaired) electrons. The van der Waals surface area contributed by atoms with Gasteiger partial charge in [-0.3, -0.25) is 4.79 Å². The highest BCUT2D eigenvalue weighted by Crippen LogP contribution is 2.27. The Labute approximate surface area is 108 Å². The van der Waals surface area contributed by atoms with Gasteiger partial charge in [-0.1, -0.05) is 29.3 Å². The van der Waals surface area contributed by atoms with E-state index >= 15 is 0 Å². The van der Waals surface area contributed by atoms with Crippen LogP contribution in [0.15, 0.2) is 30.5 Å². The monoisotopic (exact) mass is 266 g/mol. The van der Waals surface area contributed by atoms with Crippen molar-refractivity contribution in [1.82, 2.24) is 4.57 Å². The number of amides is 1. The minimum absolute atomic E-state index is 0.169. The third-order valence-electron chi connectivity index (χ3n) is 2.76. The van der Waals surface area contributed by atoms with Crippen LogP contribution in [0.25, 0.3) is 0 Å². The lowest BCUT2D eigenvalue weighted by molar-refractivity contribution is 0.102. The van der Waals surface area contributed by atoms with E-state index in [-0.39, 0.29) is 5.91 Å². The van der Waals surface area contributed by atoms with Gasteiger partial charge in [0.2, 0.25) is 0 Å². The molecule has 1 aromatic carbocycles. The van der Waals surface area contributed by atoms with Crippen LogP contribution in [0.4, 0.5) is 5.69 Å². The Kier molecular flexibility index (Phi) is 2.38. The number of halogens is 2. The van der Waals surface area contributed by atoms with Gasteiger partial charge in [-0.2, -0.15) is 0 Å². The first-order chi connectivity index (χ1) is 8.13. The van der Waals surface area contributed by atoms with Crippen LogP contribution in [-0.2, 0) is 6.54 Å². The first-order valence-corrected chi connectivity index (χ1v) is 5.84. The van der Waals surface area contributed by atoms with Crippen LogP contribution in [0.3, 0.4) is 0 Å². The molecule has 86 valence electrons. The highest BCUT2D eigenvalue weighted by atomic mass is 35.5. The maximum atomic E-state index is 12.0. The lowest BCUT2D eigenvalue weighted by Gasteiger charge is -2.06. The summed E-state index contributed by atoms with van der Waals surface area (Å²) in [4.78, 5) is 12.0. The lowest BCUT2D eigenvalue weighted by atomic mass is 10.2. The average molecular weight is 267 g/mol. The highest BCUT2D eigenvalue weighted by Gasteiger charge is 2.19. The number of carbonyl (C=O) groups excluding carboxylic acids is 1. The molecule has 0 saturated heterocycles. The number of nitrogens with zero attached hydrogens (tertiary/aromatic N) is 1. The van der Waals surface area contributed by atoms with Gasteiger partial charge in [0.15, 0.2) is 0 Å². The smallest absolute Gasteiger partial charge is 0.272 e. The SMILES string of the molecule is O=C1Nc2cc(Cl)ccc2Cn2cc(Cl)cc21. The number of fused-ring (bicyclic) bond motifs is 2. The Morgan fingerprint density at radius 2 is 2.00 bits per heavy atom. The first kappa shape index (κ1) is 10.7. The summed E-state index contributed by atoms with van der Waals surface area (Å²) >= 11 is 11.8. The molecule has 1 aliphatic rings. The number of carbonyl (C=O) groups is 1. The fraction of sp³-hybridized carbons (Fsp3) is 0.0833. The van der Waals surface area contributed by atoms with E-state index in [4.69, 9.17) is 23.2 Å². The molecule has 0 aliphatic carbocycles. The van der Waals surface area contributed by atoms with E-state index in [0.717, 1.165) is 11.3 Å². The zero-order valence-electron chi connectivity index (χ0n) is 8.71. The maximum absolute atomic E-state index is 12.0. The van der Waals surface area contributed by atoms with E-state index in [2.05, 4.69) is 5.32 Å². The number of aromatic nitrogens is 1. The van der Waals surface area contributed by atoms with Gasteiger partial charge in [0.05, 0.1) is 5.02 Å². The Balaban J connectivity index is 2.15. The third kappa shape index (κ3) is 1.81. The van der Waals surface area contributed by atoms with E-state index in [9.17, 15) is 4.79 Å². The van der Waals surface area contributed by atoms with Crippen molar-refractivity contribution in [3.05, 3.63) is 51.8 Å². The topological polar surface area (TPSA) is 34.0 Å². The van der Waals surface area contributed by atoms with Gasteiger partial charge < -0.3 is 9.88 Å². The number of rotatable bonds is 0. The van der Waals surface area contributed by atoms with Crippen molar-refractivity contribution < 1.29 is 4.79 Å². The van der Waals surface area contributed by atoms with Crippen LogP contribution in [-0.4, -0.2) is 10.5 Å². The summed E-state index contributed by atoms with van der Waals surface area (Å²) in [6.45, 7) is 0.604. The van der Waals surface area contributed by atoms with Gasteiger partial charge in [0, 0.05) is 23.5 Å². The van der Waals surface area contributed by atoms with E-state index in [0.29, 0.717) is 22.3 Å². The molecule has 0 spiro atoms. The Morgan fingerprint density at radius 3 is 2.82 bits per heavy atom. The van der Waals surface area contributed by atoms with Crippen LogP contribution in [0.2, 0.25) is 10.0 Å². The average Bonchev–Trinajstić information content (AvgIpc) is 2.58. The summed E-state index contributed by atoms with van der Waals surface area (Å²) in [5.41, 5.74) is 2.32. The number of nitrogens with one attached hydrogen (secondary N) is 1. The predicted octanol–water partition coefficient (Wildman–Crippen LogP) is 3.41. The number of anilines is 1. The maximum Gasteiger partial charge on any atom is 0.272 e. The molecule has 1 aliphatic heterocycles. The predicted molar refractivity (Wildman–Crippen MR) is 67.9 cm³/mol. The van der Waals surface area contributed by atoms with Gasteiger partial charge in [-0.25, -0.2) is 0 Å². The van der Waals surface area contributed by atoms with Crippen LogP contribution >= 0.6 is 23.2 Å². The van der Waals surface area contributed by atoms with Crippen LogP contribution in [0.1, 0.15) is 16.1 Å². The molecule has 1 N–H and O–H groups in total. The molecular weight excluding hydrogens is 259 g/mol. The summed E-state index contributed by atoms with van der Waals surface area (Å²) in [5.74, 6) is -0.169. The summed E-state index contributed by atoms with van der Waals surface area (Å²) in [7, 11) is 0. The molecule has 0 unspecified atom stereocenters. The molecule has 2 heterocycles. The van der Waals surface area contributed by atoms with Crippen molar-refractivity contribution in [2.24, 2.45) is 0 Å². The molecule has 0 bridgehead atoms. The van der Waals surface area contributed by atoms with Crippen molar-refractivity contribution in [3.63, 3.8) is 0 Å². The van der Waals surface area contributed by atoms with E-state index < -0.39 is 0 Å². The zero-order chi connectivity index (χ0) is 12.0. The number of benzene rings is 1. The quantitative estimate of drug-likeness (QED) is 0.779. The van der Waals surface area contributed by atoms with Crippen molar-refractivity contribution in [1.29, 1.82) is 0 Å². The zero-order valence-corrected chi connectivity index (χ0v) is 10.2. The second-order valence-corrected chi connectivity index (χ2v) is 4.80. The highest BCUT2D eigenvalue weighted by molar-refractivity contribution is 6.31. The van der Waals surface area contributed by atoms with Crippen LogP contribution in [0, 0.1) is 0 Å². The largest absolute Gasteiger partial charge is 0.337 e. The summed E-state index contributed by atoms with van der Waals surface area (Å²) < 4.78 is 1.83. The Morgan fingerprint density at radius 1 is 1.18 bits per heavy atom. The molecular formula is C12H8Cl2N2O. The second-order valence-electron chi connectivity index (χ2n) is 3.93. The van der Waals surface area contributed by atoms with Gasteiger partial charge >= 0.3 is 0 Å². The van der Waals surface area contributed by atoms with Crippen molar-refractivity contribution in [2.45, 2.75) is 6.54 Å². The first-order valence-electron chi connectivity index (χ1n) is 5.09. The molecule has 3 nitrogen and oxygen atoms in total. The molecule has 17 heavy (non-hydrogen) atoms. The van der Waals surface area contributed by atoms with Crippen LogP contribution in [0.5, 0.6) is 0 Å². The van der Waals surface area contributed by atoms with E-state index in [1.807, 2.05) is 16.7 Å². The Bertz CT molecular complexity index is 619. The van der Waals surface area contributed by atoms with Gasteiger partial charge in [0.1, 0.15) is 5.69 Å². The number of hydrogen-bond donors (Lipinski definition) is 1. The van der Waals surface area contributed by atoms with Gasteiger partial charge in [-0.05, 0) is 23.8 Å².